The van der Waals surface area contributed by atoms with Gasteiger partial charge in [0.25, 0.3) is 0 Å². The highest BCUT2D eigenvalue weighted by Gasteiger charge is 2.77. The van der Waals surface area contributed by atoms with Gasteiger partial charge in [0.1, 0.15) is 17.4 Å². The second-order valence-electron chi connectivity index (χ2n) is 9.51. The van der Waals surface area contributed by atoms with Crippen LogP contribution >= 0.6 is 15.9 Å². The number of ether oxygens (including phenoxy) is 3. The van der Waals surface area contributed by atoms with Crippen LogP contribution in [0.25, 0.3) is 0 Å². The molecular weight excluding hydrogens is 520 g/mol. The number of nitrogens with zero attached hydrogens (tertiary/aromatic N) is 1. The lowest BCUT2D eigenvalue weighted by Crippen LogP contribution is -2.57. The van der Waals surface area contributed by atoms with Gasteiger partial charge in [-0.25, -0.2) is 0 Å². The first-order valence-electron chi connectivity index (χ1n) is 12.1. The first-order chi connectivity index (χ1) is 16.7. The number of amides is 2. The van der Waals surface area contributed by atoms with E-state index in [1.54, 1.807) is 38.3 Å². The number of halogens is 1. The van der Waals surface area contributed by atoms with Crippen molar-refractivity contribution in [1.82, 2.24) is 4.90 Å². The topological polar surface area (TPSA) is 114 Å². The van der Waals surface area contributed by atoms with Crippen LogP contribution < -0.4 is 10.1 Å². The number of esters is 1. The molecule has 3 heterocycles. The molecule has 0 aliphatic carbocycles. The molecule has 2 bridgehead atoms. The van der Waals surface area contributed by atoms with E-state index in [2.05, 4.69) is 21.2 Å². The molecule has 8 atom stereocenters. The van der Waals surface area contributed by atoms with E-state index in [1.165, 1.54) is 4.90 Å². The van der Waals surface area contributed by atoms with Gasteiger partial charge < -0.3 is 29.5 Å². The third-order valence-electron chi connectivity index (χ3n) is 7.74. The molecule has 35 heavy (non-hydrogen) atoms. The van der Waals surface area contributed by atoms with Gasteiger partial charge in [0.05, 0.1) is 44.3 Å². The van der Waals surface area contributed by atoms with Crippen LogP contribution in [0, 0.1) is 17.8 Å². The zero-order valence-corrected chi connectivity index (χ0v) is 22.0. The van der Waals surface area contributed by atoms with Gasteiger partial charge in [-0.05, 0) is 43.5 Å². The Labute approximate surface area is 213 Å². The van der Waals surface area contributed by atoms with E-state index in [1.807, 2.05) is 13.8 Å². The van der Waals surface area contributed by atoms with Gasteiger partial charge in [-0.15, -0.1) is 0 Å². The average molecular weight is 553 g/mol. The summed E-state index contributed by atoms with van der Waals surface area (Å²) in [5.74, 6) is -2.37. The number of fused-ring (bicyclic) bond motifs is 1. The number of carbonyl (C=O) groups excluding carboxylic acids is 3. The van der Waals surface area contributed by atoms with Crippen molar-refractivity contribution in [2.75, 3.05) is 25.6 Å². The van der Waals surface area contributed by atoms with Gasteiger partial charge in [-0.2, -0.15) is 0 Å². The molecule has 0 aromatic heterocycles. The summed E-state index contributed by atoms with van der Waals surface area (Å²) in [5, 5.41) is 13.2. The highest BCUT2D eigenvalue weighted by Crippen LogP contribution is 2.60. The summed E-state index contributed by atoms with van der Waals surface area (Å²) in [5.41, 5.74) is -0.665. The number of aliphatic hydroxyl groups excluding tert-OH is 1. The second-order valence-corrected chi connectivity index (χ2v) is 10.7. The van der Waals surface area contributed by atoms with Gasteiger partial charge in [-0.1, -0.05) is 36.2 Å². The van der Waals surface area contributed by atoms with Gasteiger partial charge in [0.15, 0.2) is 0 Å². The maximum absolute atomic E-state index is 14.0. The summed E-state index contributed by atoms with van der Waals surface area (Å²) in [6.45, 7) is 5.50. The standard InChI is InChI=1S/C25H33BrN2O7/c1-5-13(3)17(12-29)28-21(22(30)27-14-7-9-15(33-4)10-8-14)25-11-16(26)20(35-25)18(19(25)23(28)31)24(32)34-6-2/h7-10,13,16-21,29H,5-6,11-12H2,1-4H3,(H,27,30)/t13-,16?,17-,18+,19-,20+,21?,25?/m0/s1. The average Bonchev–Trinajstić information content (AvgIpc) is 3.43. The minimum atomic E-state index is -1.20. The first-order valence-corrected chi connectivity index (χ1v) is 13.0. The minimum Gasteiger partial charge on any atom is -0.497 e. The van der Waals surface area contributed by atoms with Gasteiger partial charge in [0.2, 0.25) is 11.8 Å². The molecule has 2 N–H and O–H groups in total. The number of methoxy groups -OCH3 is 1. The Bertz CT molecular complexity index is 973. The molecule has 1 spiro atoms. The Morgan fingerprint density at radius 2 is 2.00 bits per heavy atom. The van der Waals surface area contributed by atoms with Crippen molar-refractivity contribution >= 4 is 39.4 Å². The smallest absolute Gasteiger partial charge is 0.312 e. The number of rotatable bonds is 9. The summed E-state index contributed by atoms with van der Waals surface area (Å²) < 4.78 is 16.9. The van der Waals surface area contributed by atoms with Crippen LogP contribution in [0.2, 0.25) is 0 Å². The molecule has 3 saturated heterocycles. The summed E-state index contributed by atoms with van der Waals surface area (Å²) in [6.07, 6.45) is 0.517. The third kappa shape index (κ3) is 4.13. The summed E-state index contributed by atoms with van der Waals surface area (Å²) in [6, 6.07) is 5.27. The Balaban J connectivity index is 1.76. The fraction of sp³-hybridized carbons (Fsp3) is 0.640. The number of aliphatic hydroxyl groups is 1. The predicted octanol–water partition coefficient (Wildman–Crippen LogP) is 2.35. The molecule has 192 valence electrons. The number of alkyl halides is 1. The quantitative estimate of drug-likeness (QED) is 0.357. The predicted molar refractivity (Wildman–Crippen MR) is 131 cm³/mol. The molecule has 0 saturated carbocycles. The van der Waals surface area contributed by atoms with Crippen molar-refractivity contribution in [3.63, 3.8) is 0 Å². The molecule has 9 nitrogen and oxygen atoms in total. The third-order valence-corrected chi connectivity index (χ3v) is 8.58. The molecule has 3 aliphatic heterocycles. The van der Waals surface area contributed by atoms with Crippen LogP contribution in [-0.2, 0) is 23.9 Å². The Morgan fingerprint density at radius 1 is 1.31 bits per heavy atom. The fourth-order valence-electron chi connectivity index (χ4n) is 5.93. The Morgan fingerprint density at radius 3 is 2.57 bits per heavy atom. The van der Waals surface area contributed by atoms with Crippen LogP contribution in [0.5, 0.6) is 5.75 Å². The first kappa shape index (κ1) is 25.9. The van der Waals surface area contributed by atoms with Crippen LogP contribution in [0.15, 0.2) is 24.3 Å². The molecule has 1 aromatic rings. The number of carbonyl (C=O) groups is 3. The lowest BCUT2D eigenvalue weighted by Gasteiger charge is -2.38. The molecular formula is C25H33BrN2O7. The monoisotopic (exact) mass is 552 g/mol. The number of anilines is 1. The highest BCUT2D eigenvalue weighted by molar-refractivity contribution is 9.09. The maximum atomic E-state index is 14.0. The number of benzene rings is 1. The van der Waals surface area contributed by atoms with E-state index < -0.39 is 47.5 Å². The van der Waals surface area contributed by atoms with E-state index in [-0.39, 0.29) is 29.9 Å². The Hall–Kier alpha value is -2.17. The van der Waals surface area contributed by atoms with Crippen molar-refractivity contribution in [3.8, 4) is 5.75 Å². The highest BCUT2D eigenvalue weighted by atomic mass is 79.9. The summed E-state index contributed by atoms with van der Waals surface area (Å²) in [7, 11) is 1.56. The maximum Gasteiger partial charge on any atom is 0.312 e. The largest absolute Gasteiger partial charge is 0.497 e. The van der Waals surface area contributed by atoms with E-state index >= 15 is 0 Å². The molecule has 10 heteroatoms. The van der Waals surface area contributed by atoms with E-state index in [4.69, 9.17) is 14.2 Å². The molecule has 4 rings (SSSR count). The van der Waals surface area contributed by atoms with Crippen LogP contribution in [0.1, 0.15) is 33.6 Å². The molecule has 1 aromatic carbocycles. The zero-order valence-electron chi connectivity index (χ0n) is 20.4. The van der Waals surface area contributed by atoms with E-state index in [9.17, 15) is 19.5 Å². The van der Waals surface area contributed by atoms with Crippen LogP contribution in [0.3, 0.4) is 0 Å². The lowest BCUT2D eigenvalue weighted by molar-refractivity contribution is -0.155. The summed E-state index contributed by atoms with van der Waals surface area (Å²) in [4.78, 5) is 42.1. The zero-order chi connectivity index (χ0) is 25.5. The molecule has 0 radical (unpaired) electrons. The summed E-state index contributed by atoms with van der Waals surface area (Å²) >= 11 is 3.62. The van der Waals surface area contributed by atoms with Crippen molar-refractivity contribution in [3.05, 3.63) is 24.3 Å². The lowest BCUT2D eigenvalue weighted by atomic mass is 9.70. The van der Waals surface area contributed by atoms with Crippen molar-refractivity contribution in [1.29, 1.82) is 0 Å². The van der Waals surface area contributed by atoms with Crippen molar-refractivity contribution in [2.45, 2.75) is 62.2 Å². The van der Waals surface area contributed by atoms with Crippen LogP contribution in [0.4, 0.5) is 5.69 Å². The second kappa shape index (κ2) is 10.1. The number of hydrogen-bond acceptors (Lipinski definition) is 7. The van der Waals surface area contributed by atoms with E-state index in [0.29, 0.717) is 24.3 Å². The van der Waals surface area contributed by atoms with Crippen molar-refractivity contribution < 1.29 is 33.7 Å². The minimum absolute atomic E-state index is 0.0755. The normalized spacial score (nSPS) is 32.8. The van der Waals surface area contributed by atoms with Gasteiger partial charge in [0, 0.05) is 10.5 Å². The molecule has 3 aliphatic rings. The van der Waals surface area contributed by atoms with Crippen LogP contribution in [-0.4, -0.2) is 76.7 Å². The van der Waals surface area contributed by atoms with Crippen molar-refractivity contribution in [2.24, 2.45) is 17.8 Å². The molecule has 3 fully saturated rings. The number of hydrogen-bond donors (Lipinski definition) is 2. The SMILES string of the molecule is CCOC(=O)[C@H]1[C@@H]2OC3(CC2Br)C(C(=O)Nc2ccc(OC)cc2)N([C@@H](CO)[C@@H](C)CC)C(=O)[C@H]13. The Kier molecular flexibility index (Phi) is 7.45. The molecule has 3 unspecified atom stereocenters. The number of nitrogens with one attached hydrogen (secondary N) is 1. The van der Waals surface area contributed by atoms with E-state index in [0.717, 1.165) is 0 Å². The number of likely N-dealkylation sites (tertiary alicyclic amines) is 1. The fourth-order valence-corrected chi connectivity index (χ4v) is 6.87. The molecule has 2 amide bonds. The van der Waals surface area contributed by atoms with Gasteiger partial charge >= 0.3 is 5.97 Å². The van der Waals surface area contributed by atoms with Gasteiger partial charge in [-0.3, -0.25) is 14.4 Å².